The van der Waals surface area contributed by atoms with Crippen LogP contribution in [0.5, 0.6) is 0 Å². The Kier molecular flexibility index (Phi) is 5.85. The van der Waals surface area contributed by atoms with Gasteiger partial charge in [-0.1, -0.05) is 29.8 Å². The Morgan fingerprint density at radius 1 is 1.45 bits per heavy atom. The number of benzene rings is 1. The quantitative estimate of drug-likeness (QED) is 0.802. The van der Waals surface area contributed by atoms with Crippen molar-refractivity contribution in [3.8, 4) is 0 Å². The van der Waals surface area contributed by atoms with Crippen LogP contribution in [0.3, 0.4) is 0 Å². The summed E-state index contributed by atoms with van der Waals surface area (Å²) in [5.41, 5.74) is 1.64. The normalized spacial score (nSPS) is 20.8. The highest BCUT2D eigenvalue weighted by atomic mass is 32.2. The van der Waals surface area contributed by atoms with Gasteiger partial charge in [0.1, 0.15) is 0 Å². The third kappa shape index (κ3) is 5.03. The van der Waals surface area contributed by atoms with E-state index < -0.39 is 11.5 Å². The molecule has 0 aromatic heterocycles. The van der Waals surface area contributed by atoms with Crippen LogP contribution in [0.2, 0.25) is 0 Å². The highest BCUT2D eigenvalue weighted by Gasteiger charge is 2.38. The fraction of sp³-hybridized carbons (Fsp3) is 0.500. The maximum Gasteiger partial charge on any atom is 0.305 e. The van der Waals surface area contributed by atoms with E-state index in [0.717, 1.165) is 5.75 Å². The molecular weight excluding hydrogens is 302 g/mol. The van der Waals surface area contributed by atoms with Gasteiger partial charge in [-0.15, -0.1) is 11.8 Å². The molecule has 1 aromatic rings. The van der Waals surface area contributed by atoms with Crippen LogP contribution in [0.25, 0.3) is 0 Å². The molecule has 0 spiro atoms. The SMILES string of the molecule is Cc1cccc(CSCC(=O)NC2(CC(=O)O)CCOC2)c1. The molecule has 1 aliphatic rings. The van der Waals surface area contributed by atoms with Crippen LogP contribution in [-0.4, -0.2) is 41.5 Å². The van der Waals surface area contributed by atoms with Crippen molar-refractivity contribution in [3.63, 3.8) is 0 Å². The van der Waals surface area contributed by atoms with E-state index in [0.29, 0.717) is 18.8 Å². The standard InChI is InChI=1S/C16H21NO4S/c1-12-3-2-4-13(7-12)9-22-10-14(18)17-16(8-15(19)20)5-6-21-11-16/h2-4,7H,5-6,8-11H2,1H3,(H,17,18)(H,19,20). The fourth-order valence-corrected chi connectivity index (χ4v) is 3.35. The maximum absolute atomic E-state index is 12.1. The van der Waals surface area contributed by atoms with Crippen molar-refractivity contribution in [2.24, 2.45) is 0 Å². The average Bonchev–Trinajstić information content (AvgIpc) is 2.86. The van der Waals surface area contributed by atoms with Gasteiger partial charge in [-0.25, -0.2) is 0 Å². The molecule has 1 atom stereocenters. The molecule has 1 unspecified atom stereocenters. The van der Waals surface area contributed by atoms with Gasteiger partial charge in [-0.3, -0.25) is 9.59 Å². The van der Waals surface area contributed by atoms with E-state index in [4.69, 9.17) is 9.84 Å². The molecule has 0 aliphatic carbocycles. The van der Waals surface area contributed by atoms with Crippen LogP contribution in [0.15, 0.2) is 24.3 Å². The van der Waals surface area contributed by atoms with Gasteiger partial charge in [0, 0.05) is 12.4 Å². The molecule has 0 bridgehead atoms. The van der Waals surface area contributed by atoms with Crippen molar-refractivity contribution in [2.75, 3.05) is 19.0 Å². The highest BCUT2D eigenvalue weighted by Crippen LogP contribution is 2.23. The predicted octanol–water partition coefficient (Wildman–Crippen LogP) is 1.98. The zero-order chi connectivity index (χ0) is 16.0. The Hall–Kier alpha value is -1.53. The number of carbonyl (C=O) groups excluding carboxylic acids is 1. The van der Waals surface area contributed by atoms with E-state index >= 15 is 0 Å². The fourth-order valence-electron chi connectivity index (χ4n) is 2.57. The summed E-state index contributed by atoms with van der Waals surface area (Å²) >= 11 is 1.52. The second kappa shape index (κ2) is 7.65. The summed E-state index contributed by atoms with van der Waals surface area (Å²) in [7, 11) is 0. The Bertz CT molecular complexity index is 541. The number of carboxylic acid groups (broad SMARTS) is 1. The molecule has 22 heavy (non-hydrogen) atoms. The number of ether oxygens (including phenoxy) is 1. The smallest absolute Gasteiger partial charge is 0.305 e. The number of thioether (sulfide) groups is 1. The molecule has 2 rings (SSSR count). The van der Waals surface area contributed by atoms with Crippen molar-refractivity contribution < 1.29 is 19.4 Å². The van der Waals surface area contributed by atoms with Gasteiger partial charge in [0.2, 0.25) is 5.91 Å². The minimum absolute atomic E-state index is 0.0959. The molecule has 0 radical (unpaired) electrons. The summed E-state index contributed by atoms with van der Waals surface area (Å²) in [6.07, 6.45) is 0.453. The molecule has 1 heterocycles. The minimum atomic E-state index is -0.918. The molecule has 1 aromatic carbocycles. The second-order valence-corrected chi connectivity index (χ2v) is 6.67. The first-order valence-corrected chi connectivity index (χ1v) is 8.38. The largest absolute Gasteiger partial charge is 0.481 e. The van der Waals surface area contributed by atoms with Gasteiger partial charge in [-0.2, -0.15) is 0 Å². The summed E-state index contributed by atoms with van der Waals surface area (Å²) in [6.45, 7) is 2.80. The number of rotatable bonds is 7. The highest BCUT2D eigenvalue weighted by molar-refractivity contribution is 7.99. The van der Waals surface area contributed by atoms with Crippen LogP contribution in [0.1, 0.15) is 24.0 Å². The molecule has 0 saturated carbocycles. The molecule has 1 fully saturated rings. The molecule has 1 amide bonds. The van der Waals surface area contributed by atoms with E-state index in [1.165, 1.54) is 22.9 Å². The van der Waals surface area contributed by atoms with E-state index in [1.807, 2.05) is 25.1 Å². The van der Waals surface area contributed by atoms with Crippen molar-refractivity contribution >= 4 is 23.6 Å². The summed E-state index contributed by atoms with van der Waals surface area (Å²) in [5, 5.41) is 11.8. The molecule has 1 aliphatic heterocycles. The number of aliphatic carboxylic acids is 1. The van der Waals surface area contributed by atoms with Gasteiger partial charge < -0.3 is 15.2 Å². The van der Waals surface area contributed by atoms with Crippen molar-refractivity contribution in [1.29, 1.82) is 0 Å². The number of nitrogens with one attached hydrogen (secondary N) is 1. The zero-order valence-electron chi connectivity index (χ0n) is 12.6. The summed E-state index contributed by atoms with van der Waals surface area (Å²) in [5.74, 6) is 0.0231. The number of hydrogen-bond acceptors (Lipinski definition) is 4. The first-order chi connectivity index (χ1) is 10.5. The molecule has 120 valence electrons. The van der Waals surface area contributed by atoms with Gasteiger partial charge in [-0.05, 0) is 18.9 Å². The number of aryl methyl sites for hydroxylation is 1. The average molecular weight is 323 g/mol. The maximum atomic E-state index is 12.1. The van der Waals surface area contributed by atoms with Crippen LogP contribution in [0, 0.1) is 6.92 Å². The van der Waals surface area contributed by atoms with Crippen molar-refractivity contribution in [1.82, 2.24) is 5.32 Å². The summed E-state index contributed by atoms with van der Waals surface area (Å²) < 4.78 is 5.26. The Balaban J connectivity index is 1.80. The number of carbonyl (C=O) groups is 2. The number of carboxylic acids is 1. The number of amides is 1. The van der Waals surface area contributed by atoms with Crippen LogP contribution < -0.4 is 5.32 Å². The molecular formula is C16H21NO4S. The lowest BCUT2D eigenvalue weighted by Gasteiger charge is -2.26. The minimum Gasteiger partial charge on any atom is -0.481 e. The Labute approximate surface area is 134 Å². The summed E-state index contributed by atoms with van der Waals surface area (Å²) in [6, 6.07) is 8.18. The lowest BCUT2D eigenvalue weighted by molar-refractivity contribution is -0.139. The van der Waals surface area contributed by atoms with Crippen molar-refractivity contribution in [2.45, 2.75) is 31.1 Å². The van der Waals surface area contributed by atoms with E-state index in [-0.39, 0.29) is 18.9 Å². The Morgan fingerprint density at radius 2 is 2.27 bits per heavy atom. The zero-order valence-corrected chi connectivity index (χ0v) is 13.4. The van der Waals surface area contributed by atoms with Crippen LogP contribution >= 0.6 is 11.8 Å². The third-order valence-electron chi connectivity index (χ3n) is 3.58. The van der Waals surface area contributed by atoms with Gasteiger partial charge in [0.05, 0.1) is 24.3 Å². The summed E-state index contributed by atoms with van der Waals surface area (Å²) in [4.78, 5) is 23.0. The predicted molar refractivity (Wildman–Crippen MR) is 85.9 cm³/mol. The van der Waals surface area contributed by atoms with E-state index in [9.17, 15) is 9.59 Å². The van der Waals surface area contributed by atoms with E-state index in [1.54, 1.807) is 0 Å². The monoisotopic (exact) mass is 323 g/mol. The van der Waals surface area contributed by atoms with Crippen LogP contribution in [-0.2, 0) is 20.1 Å². The lowest BCUT2D eigenvalue weighted by atomic mass is 9.94. The van der Waals surface area contributed by atoms with Gasteiger partial charge >= 0.3 is 5.97 Å². The van der Waals surface area contributed by atoms with Crippen molar-refractivity contribution in [3.05, 3.63) is 35.4 Å². The van der Waals surface area contributed by atoms with Crippen LogP contribution in [0.4, 0.5) is 0 Å². The second-order valence-electron chi connectivity index (χ2n) is 5.68. The molecule has 6 heteroatoms. The van der Waals surface area contributed by atoms with Gasteiger partial charge in [0.15, 0.2) is 0 Å². The molecule has 2 N–H and O–H groups in total. The number of hydrogen-bond donors (Lipinski definition) is 2. The lowest BCUT2D eigenvalue weighted by Crippen LogP contribution is -2.51. The third-order valence-corrected chi connectivity index (χ3v) is 4.59. The molecule has 5 nitrogen and oxygen atoms in total. The van der Waals surface area contributed by atoms with E-state index in [2.05, 4.69) is 11.4 Å². The van der Waals surface area contributed by atoms with Gasteiger partial charge in [0.25, 0.3) is 0 Å². The first kappa shape index (κ1) is 16.8. The Morgan fingerprint density at radius 3 is 2.91 bits per heavy atom. The topological polar surface area (TPSA) is 75.6 Å². The first-order valence-electron chi connectivity index (χ1n) is 7.23. The molecule has 1 saturated heterocycles.